The number of ether oxygens (including phenoxy) is 1. The summed E-state index contributed by atoms with van der Waals surface area (Å²) in [7, 11) is 0. The quantitative estimate of drug-likeness (QED) is 0.562. The molecule has 0 amide bonds. The fourth-order valence-corrected chi connectivity index (χ4v) is 2.24. The number of esters is 1. The molecule has 0 fully saturated rings. The first kappa shape index (κ1) is 17.0. The number of Topliss-reactive ketones (excluding diaryl/α,β-unsaturated/α-hetero) is 1. The molecule has 110 valence electrons. The number of hydrogen-bond acceptors (Lipinski definition) is 3. The lowest BCUT2D eigenvalue weighted by molar-refractivity contribution is -0.151. The number of rotatable bonds is 7. The van der Waals surface area contributed by atoms with E-state index in [2.05, 4.69) is 0 Å². The predicted octanol–water partition coefficient (Wildman–Crippen LogP) is 4.08. The smallest absolute Gasteiger partial charge is 0.316 e. The van der Waals surface area contributed by atoms with E-state index in [-0.39, 0.29) is 18.8 Å². The van der Waals surface area contributed by atoms with Crippen molar-refractivity contribution in [1.82, 2.24) is 0 Å². The molecule has 1 aromatic rings. The van der Waals surface area contributed by atoms with Crippen LogP contribution >= 0.6 is 23.2 Å². The summed E-state index contributed by atoms with van der Waals surface area (Å²) in [5.41, 5.74) is 0.745. The van der Waals surface area contributed by atoms with Gasteiger partial charge in [0.05, 0.1) is 16.7 Å². The Hall–Kier alpha value is -1.06. The van der Waals surface area contributed by atoms with Crippen LogP contribution in [0.4, 0.5) is 0 Å². The zero-order valence-corrected chi connectivity index (χ0v) is 13.1. The van der Waals surface area contributed by atoms with Crippen molar-refractivity contribution in [2.45, 2.75) is 33.1 Å². The monoisotopic (exact) mass is 316 g/mol. The normalized spacial score (nSPS) is 12.0. The summed E-state index contributed by atoms with van der Waals surface area (Å²) in [5, 5.41) is 0.846. The minimum absolute atomic E-state index is 0.149. The number of ketones is 1. The number of benzene rings is 1. The van der Waals surface area contributed by atoms with E-state index in [4.69, 9.17) is 27.9 Å². The summed E-state index contributed by atoms with van der Waals surface area (Å²) in [6.07, 6.45) is 1.40. The molecule has 1 aromatic carbocycles. The second-order valence-corrected chi connectivity index (χ2v) is 5.30. The van der Waals surface area contributed by atoms with E-state index in [0.29, 0.717) is 16.5 Å². The molecular formula is C15H18Cl2O3. The van der Waals surface area contributed by atoms with Crippen LogP contribution in [0.5, 0.6) is 0 Å². The van der Waals surface area contributed by atoms with Crippen LogP contribution in [0.25, 0.3) is 0 Å². The molecular weight excluding hydrogens is 299 g/mol. The van der Waals surface area contributed by atoms with Crippen LogP contribution in [0.15, 0.2) is 18.2 Å². The maximum atomic E-state index is 12.2. The van der Waals surface area contributed by atoms with Gasteiger partial charge in [0, 0.05) is 6.42 Å². The third kappa shape index (κ3) is 4.80. The molecule has 5 heteroatoms. The van der Waals surface area contributed by atoms with Crippen molar-refractivity contribution in [3.05, 3.63) is 33.8 Å². The van der Waals surface area contributed by atoms with Gasteiger partial charge in [-0.25, -0.2) is 0 Å². The number of hydrogen-bond donors (Lipinski definition) is 0. The highest BCUT2D eigenvalue weighted by molar-refractivity contribution is 6.42. The van der Waals surface area contributed by atoms with Gasteiger partial charge in [-0.2, -0.15) is 0 Å². The second kappa shape index (κ2) is 8.28. The SMILES string of the molecule is CCCC(C(=O)Cc1ccc(Cl)c(Cl)c1)C(=O)OCC. The van der Waals surface area contributed by atoms with E-state index in [0.717, 1.165) is 12.0 Å². The van der Waals surface area contributed by atoms with Crippen molar-refractivity contribution in [3.63, 3.8) is 0 Å². The van der Waals surface area contributed by atoms with Gasteiger partial charge >= 0.3 is 5.97 Å². The van der Waals surface area contributed by atoms with E-state index in [1.54, 1.807) is 25.1 Å². The van der Waals surface area contributed by atoms with Crippen LogP contribution in [0.1, 0.15) is 32.3 Å². The van der Waals surface area contributed by atoms with Gasteiger partial charge in [-0.15, -0.1) is 0 Å². The summed E-state index contributed by atoms with van der Waals surface area (Å²) in [4.78, 5) is 24.0. The van der Waals surface area contributed by atoms with Crippen molar-refractivity contribution in [3.8, 4) is 0 Å². The van der Waals surface area contributed by atoms with Gasteiger partial charge < -0.3 is 4.74 Å². The molecule has 0 aliphatic heterocycles. The highest BCUT2D eigenvalue weighted by atomic mass is 35.5. The molecule has 0 saturated carbocycles. The first-order valence-electron chi connectivity index (χ1n) is 6.62. The summed E-state index contributed by atoms with van der Waals surface area (Å²) < 4.78 is 4.95. The fraction of sp³-hybridized carbons (Fsp3) is 0.467. The Balaban J connectivity index is 2.79. The standard InChI is InChI=1S/C15H18Cl2O3/c1-3-5-11(15(19)20-4-2)14(18)9-10-6-7-12(16)13(17)8-10/h6-8,11H,3-5,9H2,1-2H3. The molecule has 0 aromatic heterocycles. The molecule has 20 heavy (non-hydrogen) atoms. The van der Waals surface area contributed by atoms with Crippen molar-refractivity contribution >= 4 is 35.0 Å². The largest absolute Gasteiger partial charge is 0.465 e. The summed E-state index contributed by atoms with van der Waals surface area (Å²) in [6.45, 7) is 3.93. The van der Waals surface area contributed by atoms with E-state index in [1.807, 2.05) is 6.92 Å². The predicted molar refractivity (Wildman–Crippen MR) is 80.2 cm³/mol. The highest BCUT2D eigenvalue weighted by Gasteiger charge is 2.26. The molecule has 0 spiro atoms. The third-order valence-corrected chi connectivity index (χ3v) is 3.64. The van der Waals surface area contributed by atoms with Crippen molar-refractivity contribution in [2.75, 3.05) is 6.61 Å². The van der Waals surface area contributed by atoms with Crippen LogP contribution in [-0.2, 0) is 20.7 Å². The summed E-state index contributed by atoms with van der Waals surface area (Å²) in [5.74, 6) is -1.29. The first-order chi connectivity index (χ1) is 9.49. The Labute approximate surface area is 129 Å². The van der Waals surface area contributed by atoms with Crippen LogP contribution in [0.2, 0.25) is 10.0 Å². The number of carbonyl (C=O) groups is 2. The van der Waals surface area contributed by atoms with Crippen molar-refractivity contribution in [1.29, 1.82) is 0 Å². The lowest BCUT2D eigenvalue weighted by Gasteiger charge is -2.13. The average Bonchev–Trinajstić information content (AvgIpc) is 2.40. The van der Waals surface area contributed by atoms with Gasteiger partial charge in [0.15, 0.2) is 5.78 Å². The van der Waals surface area contributed by atoms with E-state index >= 15 is 0 Å². The maximum absolute atomic E-state index is 12.2. The molecule has 0 aliphatic rings. The van der Waals surface area contributed by atoms with Crippen LogP contribution in [0.3, 0.4) is 0 Å². The topological polar surface area (TPSA) is 43.4 Å². The van der Waals surface area contributed by atoms with Crippen molar-refractivity contribution in [2.24, 2.45) is 5.92 Å². The molecule has 0 heterocycles. The number of halogens is 2. The van der Waals surface area contributed by atoms with Crippen molar-refractivity contribution < 1.29 is 14.3 Å². The Morgan fingerprint density at radius 1 is 1.20 bits per heavy atom. The lowest BCUT2D eigenvalue weighted by Crippen LogP contribution is -2.27. The molecule has 0 radical (unpaired) electrons. The summed E-state index contributed by atoms with van der Waals surface area (Å²) >= 11 is 11.7. The van der Waals surface area contributed by atoms with E-state index in [1.165, 1.54) is 0 Å². The minimum atomic E-state index is -0.700. The number of carbonyl (C=O) groups excluding carboxylic acids is 2. The Bertz CT molecular complexity index is 486. The van der Waals surface area contributed by atoms with Gasteiger partial charge in [0.25, 0.3) is 0 Å². The van der Waals surface area contributed by atoms with Gasteiger partial charge in [-0.3, -0.25) is 9.59 Å². The minimum Gasteiger partial charge on any atom is -0.465 e. The van der Waals surface area contributed by atoms with Crippen LogP contribution in [-0.4, -0.2) is 18.4 Å². The molecule has 0 saturated heterocycles. The molecule has 1 unspecified atom stereocenters. The Morgan fingerprint density at radius 2 is 1.90 bits per heavy atom. The molecule has 0 bridgehead atoms. The zero-order valence-electron chi connectivity index (χ0n) is 11.6. The third-order valence-electron chi connectivity index (χ3n) is 2.90. The Kier molecular flexibility index (Phi) is 7.03. The van der Waals surface area contributed by atoms with Gasteiger partial charge in [-0.1, -0.05) is 42.6 Å². The zero-order chi connectivity index (χ0) is 15.1. The highest BCUT2D eigenvalue weighted by Crippen LogP contribution is 2.23. The summed E-state index contributed by atoms with van der Waals surface area (Å²) in [6, 6.07) is 5.03. The van der Waals surface area contributed by atoms with Gasteiger partial charge in [-0.05, 0) is 31.0 Å². The van der Waals surface area contributed by atoms with E-state index in [9.17, 15) is 9.59 Å². The second-order valence-electron chi connectivity index (χ2n) is 4.48. The maximum Gasteiger partial charge on any atom is 0.316 e. The Morgan fingerprint density at radius 3 is 2.45 bits per heavy atom. The van der Waals surface area contributed by atoms with Crippen LogP contribution < -0.4 is 0 Å². The van der Waals surface area contributed by atoms with Gasteiger partial charge in [0.2, 0.25) is 0 Å². The first-order valence-corrected chi connectivity index (χ1v) is 7.38. The fourth-order valence-electron chi connectivity index (χ4n) is 1.92. The molecule has 1 atom stereocenters. The van der Waals surface area contributed by atoms with Crippen LogP contribution in [0, 0.1) is 5.92 Å². The molecule has 1 rings (SSSR count). The van der Waals surface area contributed by atoms with Gasteiger partial charge in [0.1, 0.15) is 5.92 Å². The average molecular weight is 317 g/mol. The van der Waals surface area contributed by atoms with E-state index < -0.39 is 11.9 Å². The molecule has 3 nitrogen and oxygen atoms in total. The molecule has 0 aliphatic carbocycles. The lowest BCUT2D eigenvalue weighted by atomic mass is 9.94. The molecule has 0 N–H and O–H groups in total.